The first kappa shape index (κ1) is 25.6. The van der Waals surface area contributed by atoms with Gasteiger partial charge in [-0.1, -0.05) is 6.07 Å². The van der Waals surface area contributed by atoms with Crippen LogP contribution in [-0.2, 0) is 4.74 Å². The molecule has 0 spiro atoms. The smallest absolute Gasteiger partial charge is 0.404 e. The van der Waals surface area contributed by atoms with E-state index in [1.807, 2.05) is 24.3 Å². The second-order valence-electron chi connectivity index (χ2n) is 8.98. The van der Waals surface area contributed by atoms with Crippen LogP contribution < -0.4 is 20.7 Å². The number of morpholine rings is 1. The third-order valence-corrected chi connectivity index (χ3v) is 6.37. The molecule has 2 aromatic rings. The number of nitrogens with zero attached hydrogens (tertiary/aromatic N) is 2. The van der Waals surface area contributed by atoms with E-state index in [0.717, 1.165) is 45.1 Å². The average molecular weight is 502 g/mol. The molecule has 1 aromatic heterocycles. The van der Waals surface area contributed by atoms with Crippen molar-refractivity contribution in [3.05, 3.63) is 47.9 Å². The number of pyridine rings is 1. The lowest BCUT2D eigenvalue weighted by Gasteiger charge is -2.29. The van der Waals surface area contributed by atoms with Gasteiger partial charge in [0.15, 0.2) is 0 Å². The number of ether oxygens (including phenoxy) is 2. The molecule has 11 heteroatoms. The van der Waals surface area contributed by atoms with Crippen molar-refractivity contribution in [2.75, 3.05) is 44.8 Å². The zero-order valence-electron chi connectivity index (χ0n) is 20.0. The Kier molecular flexibility index (Phi) is 8.90. The molecule has 2 fully saturated rings. The zero-order valence-corrected chi connectivity index (χ0v) is 20.0. The number of carbonyl (C=O) groups excluding carboxylic acids is 1. The van der Waals surface area contributed by atoms with Crippen LogP contribution in [-0.4, -0.2) is 78.5 Å². The summed E-state index contributed by atoms with van der Waals surface area (Å²) in [6.07, 6.45) is 2.53. The number of amides is 2. The lowest BCUT2D eigenvalue weighted by atomic mass is 9.91. The van der Waals surface area contributed by atoms with Gasteiger partial charge in [0, 0.05) is 43.5 Å². The first-order chi connectivity index (χ1) is 17.5. The Labute approximate surface area is 209 Å². The van der Waals surface area contributed by atoms with Gasteiger partial charge >= 0.3 is 6.09 Å². The third kappa shape index (κ3) is 7.53. The quantitative estimate of drug-likeness (QED) is 0.413. The molecule has 0 radical (unpaired) electrons. The second-order valence-corrected chi connectivity index (χ2v) is 8.98. The van der Waals surface area contributed by atoms with E-state index in [1.165, 1.54) is 0 Å². The highest BCUT2D eigenvalue weighted by Gasteiger charge is 2.25. The maximum atomic E-state index is 14.0. The van der Waals surface area contributed by atoms with E-state index < -0.39 is 17.8 Å². The average Bonchev–Trinajstić information content (AvgIpc) is 2.87. The summed E-state index contributed by atoms with van der Waals surface area (Å²) in [4.78, 5) is 30.2. The number of hydrogen-bond donors (Lipinski definition) is 4. The minimum absolute atomic E-state index is 0.0967. The summed E-state index contributed by atoms with van der Waals surface area (Å²) in [7, 11) is 0. The van der Waals surface area contributed by atoms with E-state index >= 15 is 0 Å². The van der Waals surface area contributed by atoms with Crippen molar-refractivity contribution < 1.29 is 28.6 Å². The van der Waals surface area contributed by atoms with Crippen LogP contribution in [0, 0.1) is 5.82 Å². The summed E-state index contributed by atoms with van der Waals surface area (Å²) >= 11 is 0. The number of aromatic nitrogens is 1. The highest BCUT2D eigenvalue weighted by atomic mass is 19.1. The minimum atomic E-state index is -1.05. The molecule has 1 aliphatic carbocycles. The molecule has 4 N–H and O–H groups in total. The molecule has 1 aliphatic heterocycles. The Morgan fingerprint density at radius 1 is 1.11 bits per heavy atom. The number of benzene rings is 1. The molecule has 0 unspecified atom stereocenters. The van der Waals surface area contributed by atoms with Gasteiger partial charge in [-0.2, -0.15) is 0 Å². The molecule has 0 bridgehead atoms. The first-order valence-electron chi connectivity index (χ1n) is 12.2. The van der Waals surface area contributed by atoms with Gasteiger partial charge in [-0.3, -0.25) is 9.69 Å². The Bertz CT molecular complexity index is 1040. The molecular weight excluding hydrogens is 469 g/mol. The van der Waals surface area contributed by atoms with Crippen LogP contribution in [0.4, 0.5) is 20.7 Å². The zero-order chi connectivity index (χ0) is 25.3. The van der Waals surface area contributed by atoms with Gasteiger partial charge in [0.05, 0.1) is 25.0 Å². The summed E-state index contributed by atoms with van der Waals surface area (Å²) in [6, 6.07) is 8.23. The summed E-state index contributed by atoms with van der Waals surface area (Å²) in [5, 5.41) is 17.4. The number of halogens is 1. The van der Waals surface area contributed by atoms with Gasteiger partial charge in [0.25, 0.3) is 5.91 Å². The molecule has 0 atom stereocenters. The van der Waals surface area contributed by atoms with Crippen LogP contribution >= 0.6 is 0 Å². The molecule has 194 valence electrons. The fourth-order valence-electron chi connectivity index (χ4n) is 4.45. The normalized spacial score (nSPS) is 20.4. The molecule has 1 saturated carbocycles. The first-order valence-corrected chi connectivity index (χ1v) is 12.2. The van der Waals surface area contributed by atoms with Gasteiger partial charge in [0.2, 0.25) is 0 Å². The fourth-order valence-corrected chi connectivity index (χ4v) is 4.45. The molecular formula is C25H32FN5O5. The third-order valence-electron chi connectivity index (χ3n) is 6.37. The Morgan fingerprint density at radius 3 is 2.56 bits per heavy atom. The molecule has 1 saturated heterocycles. The molecule has 2 aliphatic rings. The predicted octanol–water partition coefficient (Wildman–Crippen LogP) is 2.98. The summed E-state index contributed by atoms with van der Waals surface area (Å²) in [6.45, 7) is 4.61. The van der Waals surface area contributed by atoms with Crippen LogP contribution in [0.2, 0.25) is 0 Å². The van der Waals surface area contributed by atoms with Crippen molar-refractivity contribution in [2.24, 2.45) is 0 Å². The summed E-state index contributed by atoms with van der Waals surface area (Å²) < 4.78 is 25.2. The molecule has 2 amide bonds. The van der Waals surface area contributed by atoms with Crippen LogP contribution in [0.1, 0.15) is 36.0 Å². The standard InChI is InChI=1S/C25H32FN5O5/c26-17-14-22(24(32)29-18-4-6-19(7-5-18)30-25(33)34)23(27-16-17)28-20-2-1-3-21(15-20)36-13-10-31-8-11-35-12-9-31/h1-3,14-16,18-19,30H,4-13H2,(H,27,28)(H,29,32)(H,33,34). The highest BCUT2D eigenvalue weighted by molar-refractivity contribution is 5.99. The fraction of sp³-hybridized carbons (Fsp3) is 0.480. The van der Waals surface area contributed by atoms with Gasteiger partial charge < -0.3 is 30.5 Å². The lowest BCUT2D eigenvalue weighted by Crippen LogP contribution is -2.43. The van der Waals surface area contributed by atoms with Gasteiger partial charge in [-0.15, -0.1) is 0 Å². The van der Waals surface area contributed by atoms with Gasteiger partial charge in [-0.25, -0.2) is 14.2 Å². The van der Waals surface area contributed by atoms with Gasteiger partial charge in [0.1, 0.15) is 24.0 Å². The van der Waals surface area contributed by atoms with E-state index in [9.17, 15) is 14.0 Å². The van der Waals surface area contributed by atoms with Gasteiger partial charge in [-0.05, 0) is 43.9 Å². The van der Waals surface area contributed by atoms with Crippen molar-refractivity contribution in [1.82, 2.24) is 20.5 Å². The topological polar surface area (TPSA) is 125 Å². The number of nitrogens with one attached hydrogen (secondary N) is 3. The summed E-state index contributed by atoms with van der Waals surface area (Å²) in [5.74, 6) is -0.133. The van der Waals surface area contributed by atoms with Crippen LogP contribution in [0.25, 0.3) is 0 Å². The van der Waals surface area contributed by atoms with Crippen molar-refractivity contribution in [3.8, 4) is 5.75 Å². The van der Waals surface area contributed by atoms with Crippen molar-refractivity contribution in [3.63, 3.8) is 0 Å². The van der Waals surface area contributed by atoms with E-state index in [-0.39, 0.29) is 23.5 Å². The van der Waals surface area contributed by atoms with E-state index in [2.05, 4.69) is 25.8 Å². The van der Waals surface area contributed by atoms with Crippen molar-refractivity contribution in [2.45, 2.75) is 37.8 Å². The SMILES string of the molecule is O=C(O)NC1CCC(NC(=O)c2cc(F)cnc2Nc2cccc(OCCN3CCOCC3)c2)CC1. The van der Waals surface area contributed by atoms with Crippen LogP contribution in [0.3, 0.4) is 0 Å². The Balaban J connectivity index is 1.34. The van der Waals surface area contributed by atoms with Crippen LogP contribution in [0.15, 0.2) is 36.5 Å². The largest absolute Gasteiger partial charge is 0.492 e. The van der Waals surface area contributed by atoms with E-state index in [1.54, 1.807) is 0 Å². The predicted molar refractivity (Wildman–Crippen MR) is 131 cm³/mol. The number of carbonyl (C=O) groups is 2. The molecule has 2 heterocycles. The molecule has 10 nitrogen and oxygen atoms in total. The highest BCUT2D eigenvalue weighted by Crippen LogP contribution is 2.24. The summed E-state index contributed by atoms with van der Waals surface area (Å²) in [5.41, 5.74) is 0.756. The van der Waals surface area contributed by atoms with E-state index in [4.69, 9.17) is 14.6 Å². The van der Waals surface area contributed by atoms with Crippen molar-refractivity contribution in [1.29, 1.82) is 0 Å². The molecule has 4 rings (SSSR count). The second kappa shape index (κ2) is 12.5. The van der Waals surface area contributed by atoms with E-state index in [0.29, 0.717) is 43.7 Å². The maximum absolute atomic E-state index is 14.0. The number of rotatable bonds is 9. The molecule has 36 heavy (non-hydrogen) atoms. The Hall–Kier alpha value is -3.44. The van der Waals surface area contributed by atoms with Crippen LogP contribution in [0.5, 0.6) is 5.75 Å². The number of anilines is 2. The monoisotopic (exact) mass is 501 g/mol. The number of hydrogen-bond acceptors (Lipinski definition) is 7. The molecule has 1 aromatic carbocycles. The number of carboxylic acid groups (broad SMARTS) is 1. The van der Waals surface area contributed by atoms with Crippen molar-refractivity contribution >= 4 is 23.5 Å². The lowest BCUT2D eigenvalue weighted by molar-refractivity contribution is 0.0322. The Morgan fingerprint density at radius 2 is 1.83 bits per heavy atom. The maximum Gasteiger partial charge on any atom is 0.404 e. The minimum Gasteiger partial charge on any atom is -0.492 e.